The summed E-state index contributed by atoms with van der Waals surface area (Å²) < 4.78 is 24.3. The van der Waals surface area contributed by atoms with Crippen molar-refractivity contribution in [3.63, 3.8) is 0 Å². The predicted octanol–water partition coefficient (Wildman–Crippen LogP) is 1.20. The second-order valence-electron chi connectivity index (χ2n) is 5.93. The number of rotatable bonds is 4. The molecule has 0 bridgehead atoms. The fourth-order valence-corrected chi connectivity index (χ4v) is 4.22. The van der Waals surface area contributed by atoms with Crippen LogP contribution in [0.2, 0.25) is 0 Å². The number of nitrogens with zero attached hydrogens (tertiary/aromatic N) is 2. The minimum atomic E-state index is -3.40. The van der Waals surface area contributed by atoms with Gasteiger partial charge in [0.1, 0.15) is 0 Å². The minimum absolute atomic E-state index is 0.403. The van der Waals surface area contributed by atoms with Gasteiger partial charge in [-0.1, -0.05) is 0 Å². The van der Waals surface area contributed by atoms with Gasteiger partial charge in [0.2, 0.25) is 5.91 Å². The molecule has 0 unspecified atom stereocenters. The van der Waals surface area contributed by atoms with Crippen LogP contribution in [-0.2, 0) is 21.7 Å². The van der Waals surface area contributed by atoms with E-state index < -0.39 is 20.5 Å². The maximum atomic E-state index is 12.3. The molecule has 0 saturated heterocycles. The molecule has 20 heavy (non-hydrogen) atoms. The lowest BCUT2D eigenvalue weighted by Crippen LogP contribution is -2.54. The van der Waals surface area contributed by atoms with E-state index in [1.165, 1.54) is 0 Å². The molecule has 2 aliphatic rings. The maximum Gasteiger partial charge on any atom is 0.247 e. The molecule has 0 aliphatic heterocycles. The summed E-state index contributed by atoms with van der Waals surface area (Å²) in [5, 5.41) is 6.94. The highest BCUT2D eigenvalue weighted by molar-refractivity contribution is 7.93. The summed E-state index contributed by atoms with van der Waals surface area (Å²) >= 11 is 0. The van der Waals surface area contributed by atoms with E-state index >= 15 is 0 Å². The zero-order valence-corrected chi connectivity index (χ0v) is 12.5. The first-order valence-corrected chi connectivity index (χ1v) is 8.78. The lowest BCUT2D eigenvalue weighted by molar-refractivity contribution is -0.120. The van der Waals surface area contributed by atoms with Gasteiger partial charge in [0, 0.05) is 31.0 Å². The van der Waals surface area contributed by atoms with Crippen LogP contribution in [0.15, 0.2) is 6.07 Å². The van der Waals surface area contributed by atoms with E-state index in [0.717, 1.165) is 31.2 Å². The topological polar surface area (TPSA) is 81.1 Å². The molecule has 1 aromatic heterocycles. The molecule has 2 saturated carbocycles. The van der Waals surface area contributed by atoms with Gasteiger partial charge in [0.15, 0.2) is 20.4 Å². The fraction of sp³-hybridized carbons (Fsp3) is 0.692. The number of aryl methyl sites for hydroxylation is 1. The van der Waals surface area contributed by atoms with Crippen LogP contribution in [-0.4, -0.2) is 35.1 Å². The Bertz CT molecular complexity index is 654. The molecule has 2 aliphatic carbocycles. The molecule has 0 atom stereocenters. The Morgan fingerprint density at radius 3 is 2.55 bits per heavy atom. The lowest BCUT2D eigenvalue weighted by Gasteiger charge is -2.37. The van der Waals surface area contributed by atoms with Crippen molar-refractivity contribution in [1.29, 1.82) is 0 Å². The van der Waals surface area contributed by atoms with Crippen molar-refractivity contribution < 1.29 is 13.2 Å². The number of aromatic nitrogens is 2. The molecule has 1 aromatic rings. The zero-order valence-electron chi connectivity index (χ0n) is 11.7. The third-order valence-electron chi connectivity index (χ3n) is 4.44. The van der Waals surface area contributed by atoms with Gasteiger partial charge in [-0.2, -0.15) is 5.10 Å². The van der Waals surface area contributed by atoms with Crippen LogP contribution in [0.3, 0.4) is 0 Å². The van der Waals surface area contributed by atoms with Crippen LogP contribution in [0.4, 0.5) is 5.82 Å². The molecule has 2 fully saturated rings. The molecule has 110 valence electrons. The molecule has 6 nitrogen and oxygen atoms in total. The summed E-state index contributed by atoms with van der Waals surface area (Å²) in [6.45, 7) is 0. The van der Waals surface area contributed by atoms with E-state index in [0.29, 0.717) is 24.6 Å². The second kappa shape index (κ2) is 4.31. The predicted molar refractivity (Wildman–Crippen MR) is 75.2 cm³/mol. The average molecular weight is 297 g/mol. The maximum absolute atomic E-state index is 12.3. The Hall–Kier alpha value is -1.37. The first-order valence-electron chi connectivity index (χ1n) is 6.88. The van der Waals surface area contributed by atoms with Crippen LogP contribution in [0.25, 0.3) is 0 Å². The third-order valence-corrected chi connectivity index (χ3v) is 6.45. The highest BCUT2D eigenvalue weighted by Gasteiger charge is 2.53. The number of sulfone groups is 1. The van der Waals surface area contributed by atoms with E-state index in [1.54, 1.807) is 4.68 Å². The largest absolute Gasteiger partial charge is 0.308 e. The van der Waals surface area contributed by atoms with Crippen molar-refractivity contribution in [1.82, 2.24) is 9.78 Å². The molecule has 0 aromatic carbocycles. The van der Waals surface area contributed by atoms with Crippen LogP contribution in [0.1, 0.15) is 43.7 Å². The summed E-state index contributed by atoms with van der Waals surface area (Å²) in [7, 11) is -1.55. The number of carbonyl (C=O) groups is 1. The smallest absolute Gasteiger partial charge is 0.247 e. The van der Waals surface area contributed by atoms with Crippen molar-refractivity contribution in [2.45, 2.75) is 42.8 Å². The van der Waals surface area contributed by atoms with Gasteiger partial charge < -0.3 is 5.32 Å². The van der Waals surface area contributed by atoms with Crippen LogP contribution >= 0.6 is 0 Å². The van der Waals surface area contributed by atoms with Gasteiger partial charge in [-0.3, -0.25) is 9.48 Å². The van der Waals surface area contributed by atoms with Crippen molar-refractivity contribution in [3.05, 3.63) is 11.8 Å². The van der Waals surface area contributed by atoms with Crippen LogP contribution in [0.5, 0.6) is 0 Å². The Kier molecular flexibility index (Phi) is 2.93. The highest BCUT2D eigenvalue weighted by atomic mass is 32.2. The molecule has 0 spiro atoms. The van der Waals surface area contributed by atoms with E-state index in [9.17, 15) is 13.2 Å². The number of carbonyl (C=O) groups excluding carboxylic acids is 1. The molecule has 3 rings (SSSR count). The first kappa shape index (κ1) is 13.6. The van der Waals surface area contributed by atoms with Gasteiger partial charge in [0.05, 0.1) is 0 Å². The lowest BCUT2D eigenvalue weighted by atomic mass is 9.83. The van der Waals surface area contributed by atoms with Gasteiger partial charge in [-0.15, -0.1) is 0 Å². The fourth-order valence-electron chi connectivity index (χ4n) is 2.80. The Balaban J connectivity index is 1.80. The molecular formula is C13H19N3O3S. The number of nitrogens with one attached hydrogen (secondary N) is 1. The summed E-state index contributed by atoms with van der Waals surface area (Å²) in [6, 6.07) is 1.85. The van der Waals surface area contributed by atoms with Crippen molar-refractivity contribution in [2.24, 2.45) is 7.05 Å². The second-order valence-corrected chi connectivity index (χ2v) is 8.25. The number of anilines is 1. The molecule has 1 heterocycles. The van der Waals surface area contributed by atoms with Crippen LogP contribution in [0, 0.1) is 0 Å². The van der Waals surface area contributed by atoms with Gasteiger partial charge >= 0.3 is 0 Å². The molecule has 0 radical (unpaired) electrons. The monoisotopic (exact) mass is 297 g/mol. The number of amides is 1. The van der Waals surface area contributed by atoms with E-state index in [-0.39, 0.29) is 0 Å². The van der Waals surface area contributed by atoms with Crippen LogP contribution < -0.4 is 5.32 Å². The van der Waals surface area contributed by atoms with Crippen molar-refractivity contribution in [2.75, 3.05) is 11.6 Å². The summed E-state index contributed by atoms with van der Waals surface area (Å²) in [5.74, 6) is 0.548. The Morgan fingerprint density at radius 2 is 2.10 bits per heavy atom. The first-order chi connectivity index (χ1) is 9.33. The van der Waals surface area contributed by atoms with E-state index in [4.69, 9.17) is 0 Å². The Labute approximate surface area is 118 Å². The normalized spacial score (nSPS) is 21.3. The molecular weight excluding hydrogens is 278 g/mol. The van der Waals surface area contributed by atoms with Gasteiger partial charge in [-0.05, 0) is 32.1 Å². The quantitative estimate of drug-likeness (QED) is 0.905. The molecule has 7 heteroatoms. The van der Waals surface area contributed by atoms with E-state index in [2.05, 4.69) is 10.4 Å². The number of hydrogen-bond acceptors (Lipinski definition) is 4. The van der Waals surface area contributed by atoms with Gasteiger partial charge in [-0.25, -0.2) is 8.42 Å². The molecule has 1 N–H and O–H groups in total. The summed E-state index contributed by atoms with van der Waals surface area (Å²) in [6.07, 6.45) is 5.02. The van der Waals surface area contributed by atoms with Crippen molar-refractivity contribution in [3.8, 4) is 0 Å². The SMILES string of the molecule is Cn1nc(NC(=O)C2(S(C)(=O)=O)CCC2)cc1C1CC1. The molecule has 1 amide bonds. The Morgan fingerprint density at radius 1 is 1.45 bits per heavy atom. The van der Waals surface area contributed by atoms with E-state index in [1.807, 2.05) is 13.1 Å². The highest BCUT2D eigenvalue weighted by Crippen LogP contribution is 2.42. The minimum Gasteiger partial charge on any atom is -0.308 e. The third kappa shape index (κ3) is 2.04. The average Bonchev–Trinajstić information content (AvgIpc) is 3.00. The number of hydrogen-bond donors (Lipinski definition) is 1. The van der Waals surface area contributed by atoms with Gasteiger partial charge in [0.25, 0.3) is 0 Å². The summed E-state index contributed by atoms with van der Waals surface area (Å²) in [4.78, 5) is 12.3. The standard InChI is InChI=1S/C13H19N3O3S/c1-16-10(9-4-5-9)8-11(15-16)14-12(17)13(6-3-7-13)20(2,18)19/h8-9H,3-7H2,1-2H3,(H,14,15,17). The summed E-state index contributed by atoms with van der Waals surface area (Å²) in [5.41, 5.74) is 1.10. The van der Waals surface area contributed by atoms with Crippen molar-refractivity contribution >= 4 is 21.6 Å². The zero-order chi connectivity index (χ0) is 14.5.